The van der Waals surface area contributed by atoms with Gasteiger partial charge in [-0.2, -0.15) is 0 Å². The molecule has 1 aromatic rings. The topological polar surface area (TPSA) is 12.5 Å². The van der Waals surface area contributed by atoms with Crippen LogP contribution in [0.2, 0.25) is 0 Å². The fourth-order valence-electron chi connectivity index (χ4n) is 1.98. The van der Waals surface area contributed by atoms with Crippen molar-refractivity contribution in [2.75, 3.05) is 20.2 Å². The van der Waals surface area contributed by atoms with Gasteiger partial charge in [0.15, 0.2) is 0 Å². The van der Waals surface area contributed by atoms with Crippen molar-refractivity contribution in [2.24, 2.45) is 0 Å². The summed E-state index contributed by atoms with van der Waals surface area (Å²) in [7, 11) is 1.73. The van der Waals surface area contributed by atoms with Crippen LogP contribution in [0.15, 0.2) is 18.2 Å². The SMILES string of the molecule is CCN1CCc2cc(OC)ccc2C1. The largest absolute Gasteiger partial charge is 0.497 e. The molecule has 1 heterocycles. The Morgan fingerprint density at radius 1 is 1.36 bits per heavy atom. The normalized spacial score (nSPS) is 16.4. The Bertz CT molecular complexity index is 322. The van der Waals surface area contributed by atoms with Crippen LogP contribution >= 0.6 is 0 Å². The lowest BCUT2D eigenvalue weighted by Crippen LogP contribution is -2.30. The van der Waals surface area contributed by atoms with Gasteiger partial charge in [-0.15, -0.1) is 0 Å². The average Bonchev–Trinajstić information content (AvgIpc) is 2.27. The van der Waals surface area contributed by atoms with Gasteiger partial charge in [-0.3, -0.25) is 4.90 Å². The number of hydrogen-bond acceptors (Lipinski definition) is 2. The summed E-state index contributed by atoms with van der Waals surface area (Å²) in [5.74, 6) is 0.980. The molecule has 0 N–H and O–H groups in total. The molecule has 0 fully saturated rings. The Hall–Kier alpha value is -1.02. The molecule has 0 atom stereocenters. The highest BCUT2D eigenvalue weighted by Gasteiger charge is 2.14. The van der Waals surface area contributed by atoms with Crippen LogP contribution in [0.1, 0.15) is 18.1 Å². The predicted octanol–water partition coefficient (Wildman–Crippen LogP) is 2.07. The van der Waals surface area contributed by atoms with Crippen molar-refractivity contribution in [2.45, 2.75) is 19.9 Å². The fraction of sp³-hybridized carbons (Fsp3) is 0.500. The Morgan fingerprint density at radius 3 is 2.93 bits per heavy atom. The highest BCUT2D eigenvalue weighted by molar-refractivity contribution is 5.37. The second-order valence-electron chi connectivity index (χ2n) is 3.75. The first-order valence-electron chi connectivity index (χ1n) is 5.21. The summed E-state index contributed by atoms with van der Waals surface area (Å²) in [6, 6.07) is 6.41. The van der Waals surface area contributed by atoms with Gasteiger partial charge in [-0.1, -0.05) is 13.0 Å². The highest BCUT2D eigenvalue weighted by Crippen LogP contribution is 2.23. The zero-order chi connectivity index (χ0) is 9.97. The number of likely N-dealkylation sites (N-methyl/N-ethyl adjacent to an activating group) is 1. The maximum absolute atomic E-state index is 5.22. The molecule has 0 unspecified atom stereocenters. The van der Waals surface area contributed by atoms with Crippen LogP contribution in [0.4, 0.5) is 0 Å². The van der Waals surface area contributed by atoms with Gasteiger partial charge in [-0.25, -0.2) is 0 Å². The predicted molar refractivity (Wildman–Crippen MR) is 57.6 cm³/mol. The second-order valence-corrected chi connectivity index (χ2v) is 3.75. The van der Waals surface area contributed by atoms with Crippen LogP contribution in [0, 0.1) is 0 Å². The van der Waals surface area contributed by atoms with Crippen molar-refractivity contribution in [3.05, 3.63) is 29.3 Å². The molecule has 0 amide bonds. The molecule has 0 radical (unpaired) electrons. The number of fused-ring (bicyclic) bond motifs is 1. The third-order valence-electron chi connectivity index (χ3n) is 2.95. The lowest BCUT2D eigenvalue weighted by atomic mass is 9.99. The fourth-order valence-corrected chi connectivity index (χ4v) is 1.98. The molecule has 0 aromatic heterocycles. The zero-order valence-electron chi connectivity index (χ0n) is 8.92. The molecule has 2 heteroatoms. The van der Waals surface area contributed by atoms with Crippen LogP contribution in [-0.2, 0) is 13.0 Å². The van der Waals surface area contributed by atoms with Crippen molar-refractivity contribution >= 4 is 0 Å². The molecule has 2 rings (SSSR count). The molecule has 2 nitrogen and oxygen atoms in total. The minimum Gasteiger partial charge on any atom is -0.497 e. The van der Waals surface area contributed by atoms with E-state index in [1.807, 2.05) is 0 Å². The van der Waals surface area contributed by atoms with E-state index >= 15 is 0 Å². The first kappa shape index (κ1) is 9.53. The smallest absolute Gasteiger partial charge is 0.119 e. The van der Waals surface area contributed by atoms with E-state index in [4.69, 9.17) is 4.74 Å². The summed E-state index contributed by atoms with van der Waals surface area (Å²) in [5.41, 5.74) is 2.91. The lowest BCUT2D eigenvalue weighted by molar-refractivity contribution is 0.267. The molecule has 0 saturated heterocycles. The van der Waals surface area contributed by atoms with Gasteiger partial charge in [0.05, 0.1) is 7.11 Å². The molecular weight excluding hydrogens is 174 g/mol. The van der Waals surface area contributed by atoms with Crippen molar-refractivity contribution in [3.63, 3.8) is 0 Å². The third-order valence-corrected chi connectivity index (χ3v) is 2.95. The van der Waals surface area contributed by atoms with Crippen LogP contribution in [0.25, 0.3) is 0 Å². The van der Waals surface area contributed by atoms with E-state index in [0.29, 0.717) is 0 Å². The lowest BCUT2D eigenvalue weighted by Gasteiger charge is -2.27. The minimum absolute atomic E-state index is 0.980. The summed E-state index contributed by atoms with van der Waals surface area (Å²) in [6.45, 7) is 5.63. The molecule has 1 aromatic carbocycles. The minimum atomic E-state index is 0.980. The van der Waals surface area contributed by atoms with E-state index in [-0.39, 0.29) is 0 Å². The van der Waals surface area contributed by atoms with Crippen molar-refractivity contribution in [3.8, 4) is 5.75 Å². The number of nitrogens with zero attached hydrogens (tertiary/aromatic N) is 1. The molecule has 0 bridgehead atoms. The van der Waals surface area contributed by atoms with Gasteiger partial charge < -0.3 is 4.74 Å². The van der Waals surface area contributed by atoms with E-state index in [1.54, 1.807) is 7.11 Å². The molecule has 1 aliphatic heterocycles. The maximum atomic E-state index is 5.22. The number of benzene rings is 1. The summed E-state index contributed by atoms with van der Waals surface area (Å²) < 4.78 is 5.22. The summed E-state index contributed by atoms with van der Waals surface area (Å²) in [4.78, 5) is 2.47. The van der Waals surface area contributed by atoms with Crippen LogP contribution < -0.4 is 4.74 Å². The van der Waals surface area contributed by atoms with E-state index in [2.05, 4.69) is 30.0 Å². The second kappa shape index (κ2) is 4.01. The molecular formula is C12H17NO. The van der Waals surface area contributed by atoms with Crippen molar-refractivity contribution in [1.82, 2.24) is 4.90 Å². The van der Waals surface area contributed by atoms with Gasteiger partial charge in [0.25, 0.3) is 0 Å². The molecule has 0 aliphatic carbocycles. The first-order chi connectivity index (χ1) is 6.83. The van der Waals surface area contributed by atoms with E-state index in [1.165, 1.54) is 17.7 Å². The maximum Gasteiger partial charge on any atom is 0.119 e. The molecule has 1 aliphatic rings. The zero-order valence-corrected chi connectivity index (χ0v) is 8.92. The molecule has 76 valence electrons. The van der Waals surface area contributed by atoms with Crippen LogP contribution in [0.3, 0.4) is 0 Å². The van der Waals surface area contributed by atoms with Crippen molar-refractivity contribution < 1.29 is 4.74 Å². The van der Waals surface area contributed by atoms with E-state index in [0.717, 1.165) is 25.3 Å². The Labute approximate surface area is 85.5 Å². The third kappa shape index (κ3) is 1.75. The first-order valence-corrected chi connectivity index (χ1v) is 5.21. The Morgan fingerprint density at radius 2 is 2.21 bits per heavy atom. The quantitative estimate of drug-likeness (QED) is 0.709. The highest BCUT2D eigenvalue weighted by atomic mass is 16.5. The standard InChI is InChI=1S/C12H17NO/c1-3-13-7-6-10-8-12(14-2)5-4-11(10)9-13/h4-5,8H,3,6-7,9H2,1-2H3. The van der Waals surface area contributed by atoms with E-state index < -0.39 is 0 Å². The number of ether oxygens (including phenoxy) is 1. The number of methoxy groups -OCH3 is 1. The van der Waals surface area contributed by atoms with Gasteiger partial charge in [0.1, 0.15) is 5.75 Å². The van der Waals surface area contributed by atoms with Gasteiger partial charge in [-0.05, 0) is 36.2 Å². The van der Waals surface area contributed by atoms with Crippen LogP contribution in [0.5, 0.6) is 5.75 Å². The summed E-state index contributed by atoms with van der Waals surface area (Å²) >= 11 is 0. The van der Waals surface area contributed by atoms with Gasteiger partial charge in [0, 0.05) is 13.1 Å². The van der Waals surface area contributed by atoms with Gasteiger partial charge in [0.2, 0.25) is 0 Å². The average molecular weight is 191 g/mol. The molecule has 0 saturated carbocycles. The van der Waals surface area contributed by atoms with Crippen molar-refractivity contribution in [1.29, 1.82) is 0 Å². The van der Waals surface area contributed by atoms with Gasteiger partial charge >= 0.3 is 0 Å². The van der Waals surface area contributed by atoms with E-state index in [9.17, 15) is 0 Å². The Kier molecular flexibility index (Phi) is 2.73. The Balaban J connectivity index is 2.23. The van der Waals surface area contributed by atoms with Crippen LogP contribution in [-0.4, -0.2) is 25.1 Å². The monoisotopic (exact) mass is 191 g/mol. The summed E-state index contributed by atoms with van der Waals surface area (Å²) in [5, 5.41) is 0. The molecule has 14 heavy (non-hydrogen) atoms. The summed E-state index contributed by atoms with van der Waals surface area (Å²) in [6.07, 6.45) is 1.15. The number of rotatable bonds is 2. The molecule has 0 spiro atoms. The number of hydrogen-bond donors (Lipinski definition) is 0.